The quantitative estimate of drug-likeness (QED) is 0.920. The third-order valence-corrected chi connectivity index (χ3v) is 4.61. The second kappa shape index (κ2) is 6.54. The van der Waals surface area contributed by atoms with Gasteiger partial charge in [0.05, 0.1) is 13.2 Å². The van der Waals surface area contributed by atoms with Crippen molar-refractivity contribution in [3.8, 4) is 0 Å². The Kier molecular flexibility index (Phi) is 5.03. The van der Waals surface area contributed by atoms with E-state index in [1.54, 1.807) is 16.2 Å². The summed E-state index contributed by atoms with van der Waals surface area (Å²) in [6.07, 6.45) is 1.04. The van der Waals surface area contributed by atoms with Crippen LogP contribution in [0.1, 0.15) is 11.3 Å². The molecule has 0 bridgehead atoms. The number of halogens is 1. The van der Waals surface area contributed by atoms with Crippen LogP contribution >= 0.6 is 27.3 Å². The number of rotatable bonds is 4. The topological polar surface area (TPSA) is 41.6 Å². The summed E-state index contributed by atoms with van der Waals surface area (Å²) < 4.78 is 6.35. The van der Waals surface area contributed by atoms with Crippen molar-refractivity contribution in [1.82, 2.24) is 10.2 Å². The SMILES string of the molecule is CN(Cc1cc(Br)cs1)C(=O)NC[C@H]1CCOC1. The Morgan fingerprint density at radius 1 is 1.72 bits per heavy atom. The summed E-state index contributed by atoms with van der Waals surface area (Å²) in [5, 5.41) is 4.98. The number of ether oxygens (including phenoxy) is 1. The number of nitrogens with one attached hydrogen (secondary N) is 1. The summed E-state index contributed by atoms with van der Waals surface area (Å²) in [6, 6.07) is 2.02. The van der Waals surface area contributed by atoms with E-state index in [2.05, 4.69) is 21.2 Å². The van der Waals surface area contributed by atoms with Crippen molar-refractivity contribution in [2.24, 2.45) is 5.92 Å². The fourth-order valence-electron chi connectivity index (χ4n) is 1.85. The highest BCUT2D eigenvalue weighted by molar-refractivity contribution is 9.10. The van der Waals surface area contributed by atoms with Gasteiger partial charge in [0.25, 0.3) is 0 Å². The molecule has 0 radical (unpaired) electrons. The molecule has 2 heterocycles. The molecule has 0 saturated carbocycles. The molecule has 0 spiro atoms. The molecular formula is C12H17BrN2O2S. The van der Waals surface area contributed by atoms with E-state index in [4.69, 9.17) is 4.74 Å². The third-order valence-electron chi connectivity index (χ3n) is 2.93. The first-order valence-corrected chi connectivity index (χ1v) is 7.62. The van der Waals surface area contributed by atoms with Crippen molar-refractivity contribution < 1.29 is 9.53 Å². The average molecular weight is 333 g/mol. The molecule has 0 aromatic carbocycles. The van der Waals surface area contributed by atoms with Crippen LogP contribution in [0.15, 0.2) is 15.9 Å². The second-order valence-corrected chi connectivity index (χ2v) is 6.41. The fraction of sp³-hybridized carbons (Fsp3) is 0.583. The van der Waals surface area contributed by atoms with E-state index >= 15 is 0 Å². The highest BCUT2D eigenvalue weighted by atomic mass is 79.9. The normalized spacial score (nSPS) is 18.9. The molecule has 0 aliphatic carbocycles. The summed E-state index contributed by atoms with van der Waals surface area (Å²) >= 11 is 5.06. The molecule has 1 atom stereocenters. The largest absolute Gasteiger partial charge is 0.381 e. The lowest BCUT2D eigenvalue weighted by atomic mass is 10.1. The molecule has 1 aromatic heterocycles. The maximum Gasteiger partial charge on any atom is 0.317 e. The van der Waals surface area contributed by atoms with Gasteiger partial charge in [0.1, 0.15) is 0 Å². The zero-order valence-electron chi connectivity index (χ0n) is 10.3. The van der Waals surface area contributed by atoms with Crippen LogP contribution in [0, 0.1) is 5.92 Å². The van der Waals surface area contributed by atoms with Crippen molar-refractivity contribution in [1.29, 1.82) is 0 Å². The predicted molar refractivity (Wildman–Crippen MR) is 75.8 cm³/mol. The van der Waals surface area contributed by atoms with E-state index in [9.17, 15) is 4.79 Å². The number of amides is 2. The zero-order chi connectivity index (χ0) is 13.0. The number of urea groups is 1. The Hall–Kier alpha value is -0.590. The minimum atomic E-state index is -0.0218. The molecule has 1 aliphatic heterocycles. The lowest BCUT2D eigenvalue weighted by Gasteiger charge is -2.18. The summed E-state index contributed by atoms with van der Waals surface area (Å²) in [5.41, 5.74) is 0. The lowest BCUT2D eigenvalue weighted by Crippen LogP contribution is -2.39. The highest BCUT2D eigenvalue weighted by Gasteiger charge is 2.17. The standard InChI is InChI=1S/C12H17BrN2O2S/c1-15(6-11-4-10(13)8-18-11)12(16)14-5-9-2-3-17-7-9/h4,8-9H,2-3,5-7H2,1H3,(H,14,16)/t9-/m1/s1. The summed E-state index contributed by atoms with van der Waals surface area (Å²) in [7, 11) is 1.81. The molecule has 100 valence electrons. The van der Waals surface area contributed by atoms with Crippen molar-refractivity contribution >= 4 is 33.3 Å². The van der Waals surface area contributed by atoms with Crippen LogP contribution in [-0.4, -0.2) is 37.7 Å². The molecule has 1 fully saturated rings. The summed E-state index contributed by atoms with van der Waals surface area (Å²) in [5.74, 6) is 0.471. The van der Waals surface area contributed by atoms with Gasteiger partial charge in [-0.1, -0.05) is 0 Å². The molecule has 1 N–H and O–H groups in total. The number of carbonyl (C=O) groups is 1. The van der Waals surface area contributed by atoms with Crippen molar-refractivity contribution in [3.63, 3.8) is 0 Å². The minimum Gasteiger partial charge on any atom is -0.381 e. The van der Waals surface area contributed by atoms with Crippen LogP contribution in [0.25, 0.3) is 0 Å². The number of nitrogens with zero attached hydrogens (tertiary/aromatic N) is 1. The van der Waals surface area contributed by atoms with Gasteiger partial charge in [-0.3, -0.25) is 0 Å². The molecule has 2 amide bonds. The first-order chi connectivity index (χ1) is 8.65. The molecule has 1 aliphatic rings. The maximum atomic E-state index is 11.9. The van der Waals surface area contributed by atoms with Crippen LogP contribution in [0.3, 0.4) is 0 Å². The number of hydrogen-bond donors (Lipinski definition) is 1. The summed E-state index contributed by atoms with van der Waals surface area (Å²) in [6.45, 7) is 2.93. The average Bonchev–Trinajstić information content (AvgIpc) is 2.97. The molecule has 2 rings (SSSR count). The molecule has 1 saturated heterocycles. The molecule has 4 nitrogen and oxygen atoms in total. The van der Waals surface area contributed by atoms with Gasteiger partial charge in [-0.2, -0.15) is 0 Å². The van der Waals surface area contributed by atoms with Gasteiger partial charge in [0.15, 0.2) is 0 Å². The van der Waals surface area contributed by atoms with Crippen LogP contribution in [0.5, 0.6) is 0 Å². The van der Waals surface area contributed by atoms with Gasteiger partial charge in [-0.05, 0) is 28.4 Å². The van der Waals surface area contributed by atoms with Crippen molar-refractivity contribution in [2.75, 3.05) is 26.8 Å². The van der Waals surface area contributed by atoms with Crippen LogP contribution in [0.2, 0.25) is 0 Å². The van der Waals surface area contributed by atoms with E-state index in [-0.39, 0.29) is 6.03 Å². The van der Waals surface area contributed by atoms with Gasteiger partial charge in [-0.25, -0.2) is 4.79 Å². The maximum absolute atomic E-state index is 11.9. The van der Waals surface area contributed by atoms with Crippen molar-refractivity contribution in [2.45, 2.75) is 13.0 Å². The lowest BCUT2D eigenvalue weighted by molar-refractivity contribution is 0.182. The number of thiophene rings is 1. The first kappa shape index (κ1) is 13.8. The molecule has 1 aromatic rings. The van der Waals surface area contributed by atoms with Gasteiger partial charge in [0.2, 0.25) is 0 Å². The summed E-state index contributed by atoms with van der Waals surface area (Å²) in [4.78, 5) is 14.8. The number of carbonyl (C=O) groups excluding carboxylic acids is 1. The van der Waals surface area contributed by atoms with E-state index in [0.29, 0.717) is 19.0 Å². The highest BCUT2D eigenvalue weighted by Crippen LogP contribution is 2.20. The molecule has 18 heavy (non-hydrogen) atoms. The Morgan fingerprint density at radius 2 is 2.56 bits per heavy atom. The van der Waals surface area contributed by atoms with Crippen LogP contribution in [-0.2, 0) is 11.3 Å². The first-order valence-electron chi connectivity index (χ1n) is 5.95. The Bertz CT molecular complexity index is 405. The van der Waals surface area contributed by atoms with Crippen LogP contribution in [0.4, 0.5) is 4.79 Å². The van der Waals surface area contributed by atoms with E-state index in [1.807, 2.05) is 18.5 Å². The monoisotopic (exact) mass is 332 g/mol. The van der Waals surface area contributed by atoms with Gasteiger partial charge < -0.3 is 15.0 Å². The molecule has 6 heteroatoms. The van der Waals surface area contributed by atoms with Gasteiger partial charge >= 0.3 is 6.03 Å². The third kappa shape index (κ3) is 3.96. The molecular weight excluding hydrogens is 316 g/mol. The Balaban J connectivity index is 1.74. The van der Waals surface area contributed by atoms with E-state index < -0.39 is 0 Å². The Labute approximate surface area is 119 Å². The smallest absolute Gasteiger partial charge is 0.317 e. The minimum absolute atomic E-state index is 0.0218. The zero-order valence-corrected chi connectivity index (χ0v) is 12.7. The van der Waals surface area contributed by atoms with E-state index in [1.165, 1.54) is 4.88 Å². The van der Waals surface area contributed by atoms with Crippen LogP contribution < -0.4 is 5.32 Å². The second-order valence-electron chi connectivity index (χ2n) is 4.50. The molecule has 0 unspecified atom stereocenters. The van der Waals surface area contributed by atoms with Crippen molar-refractivity contribution in [3.05, 3.63) is 20.8 Å². The van der Waals surface area contributed by atoms with Gasteiger partial charge in [0, 0.05) is 40.8 Å². The predicted octanol–water partition coefficient (Wildman–Crippen LogP) is 2.69. The Morgan fingerprint density at radius 3 is 3.17 bits per heavy atom. The fourth-order valence-corrected chi connectivity index (χ4v) is 3.36. The van der Waals surface area contributed by atoms with Gasteiger partial charge in [-0.15, -0.1) is 11.3 Å². The number of hydrogen-bond acceptors (Lipinski definition) is 3. The van der Waals surface area contributed by atoms with E-state index in [0.717, 1.165) is 24.1 Å².